The van der Waals surface area contributed by atoms with Gasteiger partial charge in [-0.15, -0.1) is 0 Å². The Bertz CT molecular complexity index is 4540. The summed E-state index contributed by atoms with van der Waals surface area (Å²) in [5.74, 6) is 1.84. The number of rotatable bonds is 4. The average Bonchev–Trinajstić information content (AvgIpc) is 3.93. The minimum Gasteiger partial charge on any atom is -0.456 e. The topological polar surface area (TPSA) is 56.7 Å². The molecule has 0 saturated heterocycles. The van der Waals surface area contributed by atoms with Gasteiger partial charge in [-0.05, 0) is 137 Å². The van der Waals surface area contributed by atoms with E-state index in [1.807, 2.05) is 0 Å². The molecule has 68 heavy (non-hydrogen) atoms. The lowest BCUT2D eigenvalue weighted by Crippen LogP contribution is -2.01. The first kappa shape index (κ1) is 37.1. The maximum atomic E-state index is 6.67. The molecule has 0 amide bonds. The Kier molecular flexibility index (Phi) is 7.72. The molecule has 0 spiro atoms. The molecule has 0 aliphatic heterocycles. The Morgan fingerprint density at radius 1 is 0.294 bits per heavy atom. The SMILES string of the molecule is c1ccc2cc(-c3nc(-c4ccc5oc6ccc7ccc(-n8c9cc%10ccccc%10cc9c9cc%10ccccc%10cc98)cc7c6c5c4)nc(-c4cc5ccccc5c5ccccc45)n3)ccc2c1. The summed E-state index contributed by atoms with van der Waals surface area (Å²) in [6, 6.07) is 78.3. The number of fused-ring (bicyclic) bond motifs is 14. The molecule has 0 saturated carbocycles. The van der Waals surface area contributed by atoms with E-state index < -0.39 is 0 Å². The van der Waals surface area contributed by atoms with Crippen LogP contribution in [0.4, 0.5) is 0 Å². The second kappa shape index (κ2) is 14.2. The first-order valence-corrected chi connectivity index (χ1v) is 23.1. The van der Waals surface area contributed by atoms with Gasteiger partial charge in [-0.1, -0.05) is 146 Å². The Balaban J connectivity index is 0.962. The molecule has 5 heteroatoms. The van der Waals surface area contributed by atoms with Crippen LogP contribution in [-0.2, 0) is 0 Å². The zero-order valence-corrected chi connectivity index (χ0v) is 36.5. The van der Waals surface area contributed by atoms with E-state index in [2.05, 4.69) is 223 Å². The molecule has 15 aromatic rings. The molecular formula is C63H36N4O. The van der Waals surface area contributed by atoms with Gasteiger partial charge in [0.05, 0.1) is 11.0 Å². The van der Waals surface area contributed by atoms with E-state index >= 15 is 0 Å². The van der Waals surface area contributed by atoms with Crippen LogP contribution in [0.2, 0.25) is 0 Å². The van der Waals surface area contributed by atoms with Crippen LogP contribution in [0, 0.1) is 0 Å². The number of aromatic nitrogens is 4. The highest BCUT2D eigenvalue weighted by atomic mass is 16.3. The maximum Gasteiger partial charge on any atom is 0.164 e. The van der Waals surface area contributed by atoms with Crippen LogP contribution < -0.4 is 0 Å². The third-order valence-electron chi connectivity index (χ3n) is 14.1. The van der Waals surface area contributed by atoms with Crippen molar-refractivity contribution in [1.82, 2.24) is 19.5 Å². The normalized spacial score (nSPS) is 12.1. The van der Waals surface area contributed by atoms with Gasteiger partial charge in [-0.3, -0.25) is 0 Å². The minimum absolute atomic E-state index is 0.595. The molecule has 0 atom stereocenters. The summed E-state index contributed by atoms with van der Waals surface area (Å²) < 4.78 is 9.11. The van der Waals surface area contributed by atoms with Gasteiger partial charge >= 0.3 is 0 Å². The lowest BCUT2D eigenvalue weighted by atomic mass is 9.96. The summed E-state index contributed by atoms with van der Waals surface area (Å²) in [5.41, 5.74) is 7.84. The van der Waals surface area contributed by atoms with Crippen molar-refractivity contribution in [3.8, 4) is 39.9 Å². The number of hydrogen-bond acceptors (Lipinski definition) is 4. The highest BCUT2D eigenvalue weighted by molar-refractivity contribution is 6.21. The van der Waals surface area contributed by atoms with Gasteiger partial charge in [-0.2, -0.15) is 0 Å². The van der Waals surface area contributed by atoms with Crippen LogP contribution >= 0.6 is 0 Å². The van der Waals surface area contributed by atoms with E-state index in [-0.39, 0.29) is 0 Å². The molecule has 5 nitrogen and oxygen atoms in total. The van der Waals surface area contributed by atoms with Crippen LogP contribution in [0.1, 0.15) is 0 Å². The first-order chi connectivity index (χ1) is 33.6. The molecule has 12 aromatic carbocycles. The van der Waals surface area contributed by atoms with E-state index in [0.29, 0.717) is 17.5 Å². The van der Waals surface area contributed by atoms with Crippen LogP contribution in [0.25, 0.3) is 148 Å². The number of furan rings is 1. The summed E-state index contributed by atoms with van der Waals surface area (Å²) in [7, 11) is 0. The quantitative estimate of drug-likeness (QED) is 0.165. The first-order valence-electron chi connectivity index (χ1n) is 23.1. The standard InChI is InChI=1S/C63H36N4O/c1-2-12-39-29-45(22-21-37(39)11-1)61-64-62(66-63(65-61)54-32-44-17-7-8-18-48(44)49-19-9-10-20-50(49)54)46-25-27-58-55(33-46)60-51-36-47(26-23-38(51)24-28-59(60)68-58)67-56-34-42-15-5-3-13-40(42)30-52(56)53-31-41-14-4-6-16-43(41)35-57(53)67/h1-36H. The smallest absolute Gasteiger partial charge is 0.164 e. The molecular weight excluding hydrogens is 829 g/mol. The zero-order chi connectivity index (χ0) is 44.5. The van der Waals surface area contributed by atoms with Gasteiger partial charge in [-0.25, -0.2) is 15.0 Å². The second-order valence-corrected chi connectivity index (χ2v) is 18.0. The van der Waals surface area contributed by atoms with E-state index in [1.54, 1.807) is 0 Å². The third kappa shape index (κ3) is 5.60. The largest absolute Gasteiger partial charge is 0.456 e. The van der Waals surface area contributed by atoms with E-state index in [1.165, 1.54) is 54.1 Å². The zero-order valence-electron chi connectivity index (χ0n) is 36.5. The summed E-state index contributed by atoms with van der Waals surface area (Å²) in [4.78, 5) is 15.9. The third-order valence-corrected chi connectivity index (χ3v) is 14.1. The Morgan fingerprint density at radius 3 is 1.51 bits per heavy atom. The van der Waals surface area contributed by atoms with Crippen molar-refractivity contribution in [2.24, 2.45) is 0 Å². The maximum absolute atomic E-state index is 6.67. The fraction of sp³-hybridized carbons (Fsp3) is 0. The van der Waals surface area contributed by atoms with E-state index in [9.17, 15) is 0 Å². The summed E-state index contributed by atoms with van der Waals surface area (Å²) >= 11 is 0. The summed E-state index contributed by atoms with van der Waals surface area (Å²) in [6.07, 6.45) is 0. The minimum atomic E-state index is 0.595. The lowest BCUT2D eigenvalue weighted by molar-refractivity contribution is 0.669. The average molecular weight is 865 g/mol. The molecule has 15 rings (SSSR count). The molecule has 0 radical (unpaired) electrons. The van der Waals surface area contributed by atoms with Crippen molar-refractivity contribution in [2.75, 3.05) is 0 Å². The van der Waals surface area contributed by atoms with E-state index in [0.717, 1.165) is 76.6 Å². The van der Waals surface area contributed by atoms with Gasteiger partial charge in [0.1, 0.15) is 11.2 Å². The molecule has 0 unspecified atom stereocenters. The highest BCUT2D eigenvalue weighted by Gasteiger charge is 2.20. The lowest BCUT2D eigenvalue weighted by Gasteiger charge is -2.13. The van der Waals surface area contributed by atoms with Crippen molar-refractivity contribution in [3.63, 3.8) is 0 Å². The number of benzene rings is 12. The predicted molar refractivity (Wildman–Crippen MR) is 283 cm³/mol. The van der Waals surface area contributed by atoms with Crippen LogP contribution in [-0.4, -0.2) is 19.5 Å². The molecule has 0 N–H and O–H groups in total. The monoisotopic (exact) mass is 864 g/mol. The van der Waals surface area contributed by atoms with Crippen molar-refractivity contribution in [2.45, 2.75) is 0 Å². The Labute approximate surface area is 388 Å². The van der Waals surface area contributed by atoms with Crippen LogP contribution in [0.3, 0.4) is 0 Å². The van der Waals surface area contributed by atoms with Gasteiger partial charge in [0.2, 0.25) is 0 Å². The van der Waals surface area contributed by atoms with Crippen LogP contribution in [0.15, 0.2) is 223 Å². The number of nitrogens with zero attached hydrogens (tertiary/aromatic N) is 4. The fourth-order valence-electron chi connectivity index (χ4n) is 10.8. The van der Waals surface area contributed by atoms with Gasteiger partial charge in [0.25, 0.3) is 0 Å². The molecule has 0 fully saturated rings. The molecule has 314 valence electrons. The van der Waals surface area contributed by atoms with Crippen molar-refractivity contribution in [3.05, 3.63) is 218 Å². The number of hydrogen-bond donors (Lipinski definition) is 0. The summed E-state index contributed by atoms with van der Waals surface area (Å²) in [5, 5.41) is 18.5. The van der Waals surface area contributed by atoms with Crippen LogP contribution in [0.5, 0.6) is 0 Å². The van der Waals surface area contributed by atoms with Crippen molar-refractivity contribution < 1.29 is 4.42 Å². The van der Waals surface area contributed by atoms with Gasteiger partial charge in [0.15, 0.2) is 17.5 Å². The summed E-state index contributed by atoms with van der Waals surface area (Å²) in [6.45, 7) is 0. The molecule has 3 aromatic heterocycles. The van der Waals surface area contributed by atoms with Gasteiger partial charge < -0.3 is 8.98 Å². The van der Waals surface area contributed by atoms with E-state index in [4.69, 9.17) is 19.4 Å². The molecule has 0 bridgehead atoms. The predicted octanol–water partition coefficient (Wildman–Crippen LogP) is 16.8. The Morgan fingerprint density at radius 2 is 0.809 bits per heavy atom. The van der Waals surface area contributed by atoms with Crippen molar-refractivity contribution >= 4 is 108 Å². The molecule has 0 aliphatic carbocycles. The van der Waals surface area contributed by atoms with Gasteiger partial charge in [0, 0.05) is 43.9 Å². The Hall–Kier alpha value is -9.19. The van der Waals surface area contributed by atoms with Crippen molar-refractivity contribution in [1.29, 1.82) is 0 Å². The highest BCUT2D eigenvalue weighted by Crippen LogP contribution is 2.42. The second-order valence-electron chi connectivity index (χ2n) is 18.0. The fourth-order valence-corrected chi connectivity index (χ4v) is 10.8. The molecule has 0 aliphatic rings. The molecule has 3 heterocycles.